The molecule has 1 N–H and O–H groups in total. The summed E-state index contributed by atoms with van der Waals surface area (Å²) in [6, 6.07) is 28.0. The van der Waals surface area contributed by atoms with E-state index in [9.17, 15) is 15.4 Å². The molecule has 0 spiro atoms. The average Bonchev–Trinajstić information content (AvgIpc) is 2.97. The number of rotatable bonds is 9. The Bertz CT molecular complexity index is 1260. The molecule has 1 saturated heterocycles. The van der Waals surface area contributed by atoms with Crippen molar-refractivity contribution in [1.82, 2.24) is 0 Å². The highest BCUT2D eigenvalue weighted by molar-refractivity contribution is 7.99. The second-order valence-electron chi connectivity index (χ2n) is 10.7. The minimum absolute atomic E-state index is 0.0495. The molecule has 5 atom stereocenters. The summed E-state index contributed by atoms with van der Waals surface area (Å²) in [7, 11) is -2.92. The van der Waals surface area contributed by atoms with Crippen LogP contribution in [0.3, 0.4) is 0 Å². The van der Waals surface area contributed by atoms with Crippen molar-refractivity contribution >= 4 is 36.4 Å². The van der Waals surface area contributed by atoms with Gasteiger partial charge in [-0.3, -0.25) is 0 Å². The smallest absolute Gasteiger partial charge is 0.338 e. The third-order valence-corrected chi connectivity index (χ3v) is 13.1. The maximum Gasteiger partial charge on any atom is 0.338 e. The predicted octanol–water partition coefficient (Wildman–Crippen LogP) is 4.92. The zero-order valence-corrected chi connectivity index (χ0v) is 24.9. The molecule has 0 aromatic heterocycles. The molecule has 8 nitrogen and oxygen atoms in total. The van der Waals surface area contributed by atoms with Crippen molar-refractivity contribution in [3.05, 3.63) is 107 Å². The van der Waals surface area contributed by atoms with Crippen LogP contribution < -0.4 is 10.4 Å². The van der Waals surface area contributed by atoms with Crippen LogP contribution >= 0.6 is 11.8 Å². The summed E-state index contributed by atoms with van der Waals surface area (Å²) in [6.07, 6.45) is -1.43. The molecule has 1 aliphatic rings. The fourth-order valence-electron chi connectivity index (χ4n) is 5.29. The molecule has 1 heterocycles. The van der Waals surface area contributed by atoms with E-state index in [1.54, 1.807) is 30.3 Å². The number of esters is 1. The van der Waals surface area contributed by atoms with Crippen molar-refractivity contribution in [3.63, 3.8) is 0 Å². The number of thioether (sulfide) groups is 1. The minimum Gasteiger partial charge on any atom is -0.455 e. The van der Waals surface area contributed by atoms with Gasteiger partial charge in [0.2, 0.25) is 0 Å². The van der Waals surface area contributed by atoms with Gasteiger partial charge in [0, 0.05) is 4.91 Å². The SMILES string of the molecule is CS[C@@H]1OC(CO[Si](c2ccccc2)(c2ccccc2)C(C)(C)C)[C@@H](O)[C@H](OC(=O)c2ccccc2)C1N=[N+]=[N-]. The van der Waals surface area contributed by atoms with Crippen LogP contribution in [0.15, 0.2) is 96.1 Å². The lowest BCUT2D eigenvalue weighted by molar-refractivity contribution is -0.165. The van der Waals surface area contributed by atoms with Crippen LogP contribution in [-0.2, 0) is 13.9 Å². The number of carbonyl (C=O) groups excluding carboxylic acids is 1. The molecular weight excluding hydrogens is 542 g/mol. The Balaban J connectivity index is 1.69. The third-order valence-electron chi connectivity index (χ3n) is 7.19. The van der Waals surface area contributed by atoms with E-state index in [0.29, 0.717) is 5.56 Å². The van der Waals surface area contributed by atoms with Gasteiger partial charge in [0.05, 0.1) is 12.2 Å². The second kappa shape index (κ2) is 13.0. The molecule has 0 amide bonds. The molecule has 0 saturated carbocycles. The fraction of sp³-hybridized carbons (Fsp3) is 0.367. The van der Waals surface area contributed by atoms with Crippen LogP contribution in [0.4, 0.5) is 0 Å². The maximum absolute atomic E-state index is 13.0. The van der Waals surface area contributed by atoms with E-state index in [2.05, 4.69) is 55.1 Å². The van der Waals surface area contributed by atoms with E-state index in [4.69, 9.17) is 13.9 Å². The van der Waals surface area contributed by atoms with Gasteiger partial charge in [-0.05, 0) is 39.3 Å². The number of nitrogens with zero attached hydrogens (tertiary/aromatic N) is 3. The molecule has 0 radical (unpaired) electrons. The lowest BCUT2D eigenvalue weighted by Crippen LogP contribution is -2.68. The Morgan fingerprint density at radius 3 is 2.00 bits per heavy atom. The highest BCUT2D eigenvalue weighted by Crippen LogP contribution is 2.38. The molecule has 2 unspecified atom stereocenters. The number of aliphatic hydroxyl groups excluding tert-OH is 1. The number of azide groups is 1. The number of ether oxygens (including phenoxy) is 2. The van der Waals surface area contributed by atoms with Crippen molar-refractivity contribution in [2.45, 2.75) is 55.6 Å². The Labute approximate surface area is 240 Å². The van der Waals surface area contributed by atoms with Gasteiger partial charge >= 0.3 is 5.97 Å². The van der Waals surface area contributed by atoms with E-state index >= 15 is 0 Å². The summed E-state index contributed by atoms with van der Waals surface area (Å²) in [6.45, 7) is 6.56. The van der Waals surface area contributed by atoms with Crippen molar-refractivity contribution in [1.29, 1.82) is 0 Å². The monoisotopic (exact) mass is 577 g/mol. The summed E-state index contributed by atoms with van der Waals surface area (Å²) >= 11 is 1.32. The number of hydrogen-bond donors (Lipinski definition) is 1. The molecule has 0 aliphatic carbocycles. The van der Waals surface area contributed by atoms with Crippen LogP contribution in [0.2, 0.25) is 5.04 Å². The zero-order valence-electron chi connectivity index (χ0n) is 23.1. The van der Waals surface area contributed by atoms with Gasteiger partial charge in [0.15, 0.2) is 0 Å². The van der Waals surface area contributed by atoms with Gasteiger partial charge in [-0.15, -0.1) is 11.8 Å². The van der Waals surface area contributed by atoms with Gasteiger partial charge in [0.25, 0.3) is 8.32 Å². The van der Waals surface area contributed by atoms with Crippen LogP contribution in [0.25, 0.3) is 10.4 Å². The quantitative estimate of drug-likeness (QED) is 0.127. The standard InChI is InChI=1S/C30H35N3O5SSi/c1-30(2,3)40(22-16-10-6-11-17-22,23-18-12-7-13-19-23)36-20-24-26(34)27(25(32-33-31)29(37-24)39-4)38-28(35)21-14-8-5-9-15-21/h5-19,24-27,29,34H,20H2,1-4H3/t24?,25?,26-,27-,29+/m1/s1. The molecule has 210 valence electrons. The predicted molar refractivity (Wildman–Crippen MR) is 160 cm³/mol. The van der Waals surface area contributed by atoms with Crippen LogP contribution in [0, 0.1) is 0 Å². The summed E-state index contributed by atoms with van der Waals surface area (Å²) in [5, 5.41) is 17.3. The Kier molecular flexibility index (Phi) is 9.73. The second-order valence-corrected chi connectivity index (χ2v) is 15.9. The molecule has 10 heteroatoms. The largest absolute Gasteiger partial charge is 0.455 e. The first-order chi connectivity index (χ1) is 19.2. The molecule has 4 rings (SSSR count). The normalized spacial score (nSPS) is 23.2. The Hall–Kier alpha value is -3.11. The van der Waals surface area contributed by atoms with Gasteiger partial charge in [0.1, 0.15) is 29.8 Å². The molecular formula is C30H35N3O5SSi. The fourth-order valence-corrected chi connectivity index (χ4v) is 10.6. The number of benzene rings is 3. The maximum atomic E-state index is 13.0. The van der Waals surface area contributed by atoms with E-state index in [-0.39, 0.29) is 11.6 Å². The molecule has 1 fully saturated rings. The molecule has 3 aromatic carbocycles. The van der Waals surface area contributed by atoms with Crippen LogP contribution in [0.5, 0.6) is 0 Å². The molecule has 3 aromatic rings. The summed E-state index contributed by atoms with van der Waals surface area (Å²) in [4.78, 5) is 15.9. The summed E-state index contributed by atoms with van der Waals surface area (Å²) < 4.78 is 19.1. The Morgan fingerprint density at radius 1 is 1.00 bits per heavy atom. The van der Waals surface area contributed by atoms with Crippen molar-refractivity contribution in [2.75, 3.05) is 12.9 Å². The van der Waals surface area contributed by atoms with Gasteiger partial charge < -0.3 is 19.0 Å². The van der Waals surface area contributed by atoms with Gasteiger partial charge in [-0.2, -0.15) is 0 Å². The number of aliphatic hydroxyl groups is 1. The van der Waals surface area contributed by atoms with Crippen molar-refractivity contribution in [3.8, 4) is 0 Å². The van der Waals surface area contributed by atoms with E-state index in [0.717, 1.165) is 10.4 Å². The number of hydrogen-bond acceptors (Lipinski definition) is 7. The summed E-state index contributed by atoms with van der Waals surface area (Å²) in [5.74, 6) is -0.615. The highest BCUT2D eigenvalue weighted by atomic mass is 32.2. The van der Waals surface area contributed by atoms with Gasteiger partial charge in [-0.25, -0.2) is 4.79 Å². The van der Waals surface area contributed by atoms with E-state index in [1.165, 1.54) is 11.8 Å². The first kappa shape index (κ1) is 29.9. The van der Waals surface area contributed by atoms with Crippen molar-refractivity contribution < 1.29 is 23.8 Å². The highest BCUT2D eigenvalue weighted by Gasteiger charge is 2.53. The summed E-state index contributed by atoms with van der Waals surface area (Å²) in [5.41, 5.74) is 8.94. The minimum atomic E-state index is -2.92. The average molecular weight is 578 g/mol. The third kappa shape index (κ3) is 6.12. The van der Waals surface area contributed by atoms with E-state index < -0.39 is 44.1 Å². The molecule has 1 aliphatic heterocycles. The topological polar surface area (TPSA) is 114 Å². The number of carbonyl (C=O) groups is 1. The van der Waals surface area contributed by atoms with Gasteiger partial charge in [-0.1, -0.05) is 105 Å². The first-order valence-electron chi connectivity index (χ1n) is 13.1. The molecule has 40 heavy (non-hydrogen) atoms. The first-order valence-corrected chi connectivity index (χ1v) is 16.3. The lowest BCUT2D eigenvalue weighted by Gasteiger charge is -2.46. The molecule has 0 bridgehead atoms. The van der Waals surface area contributed by atoms with Crippen molar-refractivity contribution in [2.24, 2.45) is 5.11 Å². The zero-order chi connectivity index (χ0) is 28.8. The lowest BCUT2D eigenvalue weighted by atomic mass is 9.98. The van der Waals surface area contributed by atoms with Crippen LogP contribution in [-0.4, -0.2) is 62.0 Å². The van der Waals surface area contributed by atoms with E-state index in [1.807, 2.05) is 42.7 Å². The Morgan fingerprint density at radius 2 is 1.52 bits per heavy atom. The van der Waals surface area contributed by atoms with Crippen LogP contribution in [0.1, 0.15) is 31.1 Å².